The van der Waals surface area contributed by atoms with Gasteiger partial charge in [0.2, 0.25) is 0 Å². The van der Waals surface area contributed by atoms with Crippen molar-refractivity contribution in [3.8, 4) is 10.4 Å². The summed E-state index contributed by atoms with van der Waals surface area (Å²) >= 11 is 1.28. The second kappa shape index (κ2) is 4.53. The molecule has 0 atom stereocenters. The highest BCUT2D eigenvalue weighted by Gasteiger charge is 2.30. The maximum Gasteiger partial charge on any atom is 0.416 e. The van der Waals surface area contributed by atoms with E-state index in [1.165, 1.54) is 23.5 Å². The predicted octanol–water partition coefficient (Wildman–Crippen LogP) is 3.95. The third-order valence-electron chi connectivity index (χ3n) is 2.35. The first-order valence-electron chi connectivity index (χ1n) is 5.02. The smallest absolute Gasteiger partial charge is 0.296 e. The number of thiazole rings is 1. The van der Waals surface area contributed by atoms with E-state index in [-0.39, 0.29) is 5.69 Å². The van der Waals surface area contributed by atoms with Crippen LogP contribution < -0.4 is 0 Å². The minimum atomic E-state index is -4.35. The molecule has 0 radical (unpaired) electrons. The van der Waals surface area contributed by atoms with Crippen LogP contribution in [0.5, 0.6) is 0 Å². The third-order valence-corrected chi connectivity index (χ3v) is 3.38. The molecular weight excluding hydrogens is 263 g/mol. The summed E-state index contributed by atoms with van der Waals surface area (Å²) in [5.41, 5.74) is 0.119. The van der Waals surface area contributed by atoms with Gasteiger partial charge in [-0.1, -0.05) is 12.1 Å². The van der Waals surface area contributed by atoms with Crippen molar-refractivity contribution in [2.45, 2.75) is 13.1 Å². The Morgan fingerprint density at radius 1 is 1.22 bits per heavy atom. The molecule has 18 heavy (non-hydrogen) atoms. The topological polar surface area (TPSA) is 30.0 Å². The van der Waals surface area contributed by atoms with E-state index < -0.39 is 11.7 Å². The zero-order valence-electron chi connectivity index (χ0n) is 9.28. The molecule has 0 fully saturated rings. The molecule has 2 aromatic rings. The van der Waals surface area contributed by atoms with Crippen molar-refractivity contribution in [1.82, 2.24) is 4.98 Å². The van der Waals surface area contributed by atoms with Gasteiger partial charge in [0.1, 0.15) is 5.69 Å². The molecule has 0 N–H and O–H groups in total. The number of hydrogen-bond donors (Lipinski definition) is 0. The third kappa shape index (κ3) is 2.43. The summed E-state index contributed by atoms with van der Waals surface area (Å²) in [5.74, 6) is 0. The zero-order valence-corrected chi connectivity index (χ0v) is 10.1. The van der Waals surface area contributed by atoms with Gasteiger partial charge in [0.25, 0.3) is 0 Å². The van der Waals surface area contributed by atoms with Crippen LogP contribution in [0.2, 0.25) is 0 Å². The standard InChI is InChI=1S/C12H8F3NOS/c1-7-16-10(6-17)11(18-7)8-2-4-9(5-3-8)12(13,14)15/h2-6H,1H3. The van der Waals surface area contributed by atoms with Crippen LogP contribution in [0.3, 0.4) is 0 Å². The number of hydrogen-bond acceptors (Lipinski definition) is 3. The largest absolute Gasteiger partial charge is 0.416 e. The van der Waals surface area contributed by atoms with Crippen LogP contribution in [0.25, 0.3) is 10.4 Å². The molecule has 0 aliphatic heterocycles. The molecule has 0 bridgehead atoms. The highest BCUT2D eigenvalue weighted by atomic mass is 32.1. The molecule has 0 spiro atoms. The molecule has 0 saturated heterocycles. The molecular formula is C12H8F3NOS. The Hall–Kier alpha value is -1.69. The van der Waals surface area contributed by atoms with Crippen LogP contribution >= 0.6 is 11.3 Å². The fourth-order valence-corrected chi connectivity index (χ4v) is 2.43. The Kier molecular flexibility index (Phi) is 3.21. The minimum Gasteiger partial charge on any atom is -0.296 e. The van der Waals surface area contributed by atoms with Gasteiger partial charge in [-0.15, -0.1) is 11.3 Å². The van der Waals surface area contributed by atoms with Crippen LogP contribution in [0, 0.1) is 6.92 Å². The zero-order chi connectivity index (χ0) is 13.3. The molecule has 94 valence electrons. The van der Waals surface area contributed by atoms with E-state index in [2.05, 4.69) is 4.98 Å². The first kappa shape index (κ1) is 12.8. The van der Waals surface area contributed by atoms with Gasteiger partial charge in [-0.05, 0) is 24.6 Å². The van der Waals surface area contributed by atoms with Gasteiger partial charge in [-0.3, -0.25) is 4.79 Å². The van der Waals surface area contributed by atoms with Gasteiger partial charge >= 0.3 is 6.18 Å². The maximum absolute atomic E-state index is 12.4. The lowest BCUT2D eigenvalue weighted by Crippen LogP contribution is -2.03. The van der Waals surface area contributed by atoms with E-state index in [1.807, 2.05) is 0 Å². The molecule has 2 nitrogen and oxygen atoms in total. The number of carbonyl (C=O) groups excluding carboxylic acids is 1. The number of alkyl halides is 3. The van der Waals surface area contributed by atoms with E-state index in [4.69, 9.17) is 0 Å². The molecule has 0 saturated carbocycles. The van der Waals surface area contributed by atoms with Crippen LogP contribution in [-0.4, -0.2) is 11.3 Å². The van der Waals surface area contributed by atoms with Gasteiger partial charge in [0, 0.05) is 0 Å². The average Bonchev–Trinajstić information content (AvgIpc) is 2.69. The van der Waals surface area contributed by atoms with E-state index in [9.17, 15) is 18.0 Å². The van der Waals surface area contributed by atoms with Gasteiger partial charge < -0.3 is 0 Å². The Labute approximate surface area is 105 Å². The van der Waals surface area contributed by atoms with Crippen LogP contribution in [0.4, 0.5) is 13.2 Å². The fraction of sp³-hybridized carbons (Fsp3) is 0.167. The van der Waals surface area contributed by atoms with Gasteiger partial charge in [-0.2, -0.15) is 13.2 Å². The summed E-state index contributed by atoms with van der Waals surface area (Å²) in [6.07, 6.45) is -3.74. The summed E-state index contributed by atoms with van der Waals surface area (Å²) < 4.78 is 37.2. The number of halogens is 3. The van der Waals surface area contributed by atoms with Crippen molar-refractivity contribution in [2.75, 3.05) is 0 Å². The Bertz CT molecular complexity index is 572. The second-order valence-corrected chi connectivity index (χ2v) is 4.84. The van der Waals surface area contributed by atoms with Crippen molar-refractivity contribution >= 4 is 17.6 Å². The van der Waals surface area contributed by atoms with Gasteiger partial charge in [0.05, 0.1) is 15.4 Å². The SMILES string of the molecule is Cc1nc(C=O)c(-c2ccc(C(F)(F)F)cc2)s1. The normalized spacial score (nSPS) is 11.6. The highest BCUT2D eigenvalue weighted by molar-refractivity contribution is 7.15. The molecule has 0 amide bonds. The lowest BCUT2D eigenvalue weighted by atomic mass is 10.1. The fourth-order valence-electron chi connectivity index (χ4n) is 1.54. The minimum absolute atomic E-state index is 0.261. The Morgan fingerprint density at radius 2 is 1.83 bits per heavy atom. The Morgan fingerprint density at radius 3 is 2.33 bits per heavy atom. The van der Waals surface area contributed by atoms with E-state index in [0.29, 0.717) is 21.7 Å². The van der Waals surface area contributed by atoms with Crippen LogP contribution in [0.15, 0.2) is 24.3 Å². The summed E-state index contributed by atoms with van der Waals surface area (Å²) in [6, 6.07) is 4.70. The van der Waals surface area contributed by atoms with Crippen molar-refractivity contribution in [1.29, 1.82) is 0 Å². The monoisotopic (exact) mass is 271 g/mol. The second-order valence-electron chi connectivity index (χ2n) is 3.64. The maximum atomic E-state index is 12.4. The summed E-state index contributed by atoms with van der Waals surface area (Å²) in [5, 5.41) is 0.701. The first-order chi connectivity index (χ1) is 8.41. The molecule has 1 heterocycles. The summed E-state index contributed by atoms with van der Waals surface area (Å²) in [4.78, 5) is 15.4. The lowest BCUT2D eigenvalue weighted by Gasteiger charge is -2.06. The van der Waals surface area contributed by atoms with Gasteiger partial charge in [0.15, 0.2) is 6.29 Å². The van der Waals surface area contributed by atoms with Crippen molar-refractivity contribution < 1.29 is 18.0 Å². The molecule has 2 rings (SSSR count). The predicted molar refractivity (Wildman–Crippen MR) is 62.7 cm³/mol. The quantitative estimate of drug-likeness (QED) is 0.774. The summed E-state index contributed by atoms with van der Waals surface area (Å²) in [7, 11) is 0. The Balaban J connectivity index is 2.43. The number of aryl methyl sites for hydroxylation is 1. The van der Waals surface area contributed by atoms with E-state index >= 15 is 0 Å². The summed E-state index contributed by atoms with van der Waals surface area (Å²) in [6.45, 7) is 1.74. The lowest BCUT2D eigenvalue weighted by molar-refractivity contribution is -0.137. The van der Waals surface area contributed by atoms with Crippen LogP contribution in [-0.2, 0) is 6.18 Å². The molecule has 1 aromatic carbocycles. The molecule has 1 aromatic heterocycles. The van der Waals surface area contributed by atoms with Crippen molar-refractivity contribution in [2.24, 2.45) is 0 Å². The van der Waals surface area contributed by atoms with E-state index in [0.717, 1.165) is 12.1 Å². The molecule has 0 aliphatic rings. The number of benzene rings is 1. The number of carbonyl (C=O) groups is 1. The number of nitrogens with zero attached hydrogens (tertiary/aromatic N) is 1. The number of aldehydes is 1. The van der Waals surface area contributed by atoms with Gasteiger partial charge in [-0.25, -0.2) is 4.98 Å². The average molecular weight is 271 g/mol. The van der Waals surface area contributed by atoms with Crippen molar-refractivity contribution in [3.05, 3.63) is 40.5 Å². The van der Waals surface area contributed by atoms with E-state index in [1.54, 1.807) is 6.92 Å². The first-order valence-corrected chi connectivity index (χ1v) is 5.83. The van der Waals surface area contributed by atoms with Crippen LogP contribution in [0.1, 0.15) is 21.1 Å². The molecule has 0 unspecified atom stereocenters. The number of rotatable bonds is 2. The molecule has 0 aliphatic carbocycles. The highest BCUT2D eigenvalue weighted by Crippen LogP contribution is 2.33. The number of aromatic nitrogens is 1. The van der Waals surface area contributed by atoms with Crippen molar-refractivity contribution in [3.63, 3.8) is 0 Å². The molecule has 6 heteroatoms.